The molecule has 0 unspecified atom stereocenters. The van der Waals surface area contributed by atoms with Gasteiger partial charge in [0.15, 0.2) is 5.11 Å². The fraction of sp³-hybridized carbons (Fsp3) is 0.0714. The molecule has 0 atom stereocenters. The van der Waals surface area contributed by atoms with Crippen LogP contribution in [0.2, 0.25) is 0 Å². The van der Waals surface area contributed by atoms with E-state index in [2.05, 4.69) is 15.6 Å². The summed E-state index contributed by atoms with van der Waals surface area (Å²) in [6, 6.07) is 4.83. The number of rotatable bonds is 2. The maximum Gasteiger partial charge on any atom is 0.416 e. The number of pyridine rings is 1. The molecule has 1 aromatic carbocycles. The fourth-order valence-corrected chi connectivity index (χ4v) is 1.83. The second-order valence-corrected chi connectivity index (χ2v) is 4.75. The first-order valence-electron chi connectivity index (χ1n) is 6.16. The summed E-state index contributed by atoms with van der Waals surface area (Å²) in [7, 11) is 0. The number of halogens is 4. The summed E-state index contributed by atoms with van der Waals surface area (Å²) < 4.78 is 51.4. The largest absolute Gasteiger partial charge is 0.416 e. The maximum absolute atomic E-state index is 13.6. The highest BCUT2D eigenvalue weighted by Crippen LogP contribution is 2.31. The third kappa shape index (κ3) is 4.46. The van der Waals surface area contributed by atoms with E-state index in [1.54, 1.807) is 0 Å². The first kappa shape index (κ1) is 16.8. The topological polar surface area (TPSA) is 54.0 Å². The Labute approximate surface area is 133 Å². The van der Waals surface area contributed by atoms with Gasteiger partial charge < -0.3 is 5.32 Å². The summed E-state index contributed by atoms with van der Waals surface area (Å²) in [5.41, 5.74) is -1.33. The van der Waals surface area contributed by atoms with E-state index >= 15 is 0 Å². The Morgan fingerprint density at radius 3 is 2.57 bits per heavy atom. The van der Waals surface area contributed by atoms with Gasteiger partial charge in [-0.1, -0.05) is 0 Å². The molecule has 0 aliphatic heterocycles. The molecular weight excluding hydrogens is 334 g/mol. The van der Waals surface area contributed by atoms with Crippen molar-refractivity contribution in [2.45, 2.75) is 6.18 Å². The zero-order chi connectivity index (χ0) is 17.0. The van der Waals surface area contributed by atoms with Crippen LogP contribution < -0.4 is 10.6 Å². The monoisotopic (exact) mass is 343 g/mol. The number of nitrogens with one attached hydrogen (secondary N) is 2. The standard InChI is InChI=1S/C14H9F4N3OS/c15-10-4-3-9(14(16,17)18)6-11(10)20-13(23)21-12(22)8-2-1-5-19-7-8/h1-7H,(H2,20,21,22,23). The number of hydrogen-bond donors (Lipinski definition) is 2. The Morgan fingerprint density at radius 2 is 1.96 bits per heavy atom. The van der Waals surface area contributed by atoms with E-state index in [0.29, 0.717) is 18.2 Å². The van der Waals surface area contributed by atoms with Crippen LogP contribution in [0.3, 0.4) is 0 Å². The second kappa shape index (κ2) is 6.69. The number of nitrogens with zero attached hydrogens (tertiary/aromatic N) is 1. The van der Waals surface area contributed by atoms with Crippen LogP contribution in [0.15, 0.2) is 42.7 Å². The van der Waals surface area contributed by atoms with Crippen molar-refractivity contribution in [3.05, 3.63) is 59.7 Å². The lowest BCUT2D eigenvalue weighted by Crippen LogP contribution is -2.34. The summed E-state index contributed by atoms with van der Waals surface area (Å²) in [4.78, 5) is 15.5. The van der Waals surface area contributed by atoms with Gasteiger partial charge in [0.1, 0.15) is 5.82 Å². The van der Waals surface area contributed by atoms with Crippen LogP contribution in [0, 0.1) is 5.82 Å². The molecule has 4 nitrogen and oxygen atoms in total. The number of thiocarbonyl (C=S) groups is 1. The number of hydrogen-bond acceptors (Lipinski definition) is 3. The summed E-state index contributed by atoms with van der Waals surface area (Å²) in [6.07, 6.45) is -1.88. The first-order valence-corrected chi connectivity index (χ1v) is 6.57. The number of amides is 1. The molecule has 0 aliphatic rings. The van der Waals surface area contributed by atoms with Crippen molar-refractivity contribution in [1.82, 2.24) is 10.3 Å². The Kier molecular flexibility index (Phi) is 4.89. The fourth-order valence-electron chi connectivity index (χ4n) is 1.62. The lowest BCUT2D eigenvalue weighted by molar-refractivity contribution is -0.137. The molecule has 0 bridgehead atoms. The number of anilines is 1. The van der Waals surface area contributed by atoms with Crippen molar-refractivity contribution >= 4 is 28.9 Å². The van der Waals surface area contributed by atoms with Crippen molar-refractivity contribution in [3.8, 4) is 0 Å². The van der Waals surface area contributed by atoms with Crippen LogP contribution in [0.5, 0.6) is 0 Å². The number of carbonyl (C=O) groups excluding carboxylic acids is 1. The lowest BCUT2D eigenvalue weighted by atomic mass is 10.2. The normalized spacial score (nSPS) is 11.0. The van der Waals surface area contributed by atoms with Crippen LogP contribution in [-0.4, -0.2) is 16.0 Å². The van der Waals surface area contributed by atoms with Crippen LogP contribution >= 0.6 is 12.2 Å². The number of alkyl halides is 3. The Bertz CT molecular complexity index is 735. The molecule has 2 rings (SSSR count). The van der Waals surface area contributed by atoms with Gasteiger partial charge in [-0.05, 0) is 42.5 Å². The highest BCUT2D eigenvalue weighted by Gasteiger charge is 2.31. The van der Waals surface area contributed by atoms with E-state index in [1.165, 1.54) is 24.5 Å². The zero-order valence-electron chi connectivity index (χ0n) is 11.3. The summed E-state index contributed by atoms with van der Waals surface area (Å²) in [5, 5.41) is 4.11. The molecule has 120 valence electrons. The lowest BCUT2D eigenvalue weighted by Gasteiger charge is -2.13. The third-order valence-electron chi connectivity index (χ3n) is 2.69. The van der Waals surface area contributed by atoms with Crippen molar-refractivity contribution in [3.63, 3.8) is 0 Å². The van der Waals surface area contributed by atoms with E-state index in [-0.39, 0.29) is 10.7 Å². The molecule has 1 amide bonds. The molecule has 1 heterocycles. The van der Waals surface area contributed by atoms with E-state index in [1.807, 2.05) is 0 Å². The van der Waals surface area contributed by atoms with Crippen LogP contribution in [0.4, 0.5) is 23.2 Å². The van der Waals surface area contributed by atoms with Gasteiger partial charge in [0.05, 0.1) is 16.8 Å². The summed E-state index contributed by atoms with van der Waals surface area (Å²) in [5.74, 6) is -1.56. The molecule has 0 saturated carbocycles. The molecule has 2 aromatic rings. The van der Waals surface area contributed by atoms with Gasteiger partial charge in [0.25, 0.3) is 5.91 Å². The van der Waals surface area contributed by atoms with Crippen molar-refractivity contribution in [1.29, 1.82) is 0 Å². The number of benzene rings is 1. The Hall–Kier alpha value is -2.55. The molecule has 0 spiro atoms. The van der Waals surface area contributed by atoms with Gasteiger partial charge >= 0.3 is 6.18 Å². The molecule has 23 heavy (non-hydrogen) atoms. The van der Waals surface area contributed by atoms with Gasteiger partial charge in [0.2, 0.25) is 0 Å². The molecule has 9 heteroatoms. The molecular formula is C14H9F4N3OS. The Morgan fingerprint density at radius 1 is 1.22 bits per heavy atom. The molecule has 0 fully saturated rings. The van der Waals surface area contributed by atoms with E-state index in [4.69, 9.17) is 12.2 Å². The highest BCUT2D eigenvalue weighted by molar-refractivity contribution is 7.80. The molecule has 2 N–H and O–H groups in total. The van der Waals surface area contributed by atoms with Crippen LogP contribution in [0.25, 0.3) is 0 Å². The minimum atomic E-state index is -4.62. The van der Waals surface area contributed by atoms with Gasteiger partial charge in [-0.3, -0.25) is 15.1 Å². The van der Waals surface area contributed by atoms with E-state index < -0.39 is 29.2 Å². The molecule has 1 aromatic heterocycles. The van der Waals surface area contributed by atoms with Crippen molar-refractivity contribution < 1.29 is 22.4 Å². The van der Waals surface area contributed by atoms with Gasteiger partial charge in [-0.25, -0.2) is 4.39 Å². The predicted octanol–water partition coefficient (Wildman–Crippen LogP) is 3.37. The van der Waals surface area contributed by atoms with Crippen LogP contribution in [0.1, 0.15) is 15.9 Å². The third-order valence-corrected chi connectivity index (χ3v) is 2.90. The molecule has 0 aliphatic carbocycles. The average molecular weight is 343 g/mol. The van der Waals surface area contributed by atoms with E-state index in [0.717, 1.165) is 0 Å². The minimum Gasteiger partial charge on any atom is -0.330 e. The van der Waals surface area contributed by atoms with E-state index in [9.17, 15) is 22.4 Å². The summed E-state index contributed by atoms with van der Waals surface area (Å²) >= 11 is 4.80. The average Bonchev–Trinajstić information content (AvgIpc) is 2.49. The van der Waals surface area contributed by atoms with Gasteiger partial charge in [-0.2, -0.15) is 13.2 Å². The number of aromatic nitrogens is 1. The maximum atomic E-state index is 13.6. The van der Waals surface area contributed by atoms with Crippen molar-refractivity contribution in [2.24, 2.45) is 0 Å². The highest BCUT2D eigenvalue weighted by atomic mass is 32.1. The summed E-state index contributed by atoms with van der Waals surface area (Å²) in [6.45, 7) is 0. The first-order chi connectivity index (χ1) is 10.8. The molecule has 0 radical (unpaired) electrons. The van der Waals surface area contributed by atoms with Gasteiger partial charge in [0, 0.05) is 12.4 Å². The van der Waals surface area contributed by atoms with Crippen molar-refractivity contribution in [2.75, 3.05) is 5.32 Å². The molecule has 0 saturated heterocycles. The number of carbonyl (C=O) groups is 1. The quantitative estimate of drug-likeness (QED) is 0.648. The minimum absolute atomic E-state index is 0.196. The smallest absolute Gasteiger partial charge is 0.330 e. The predicted molar refractivity (Wildman–Crippen MR) is 79.3 cm³/mol. The van der Waals surface area contributed by atoms with Crippen LogP contribution in [-0.2, 0) is 6.18 Å². The van der Waals surface area contributed by atoms with Gasteiger partial charge in [-0.15, -0.1) is 0 Å². The Balaban J connectivity index is 2.10. The second-order valence-electron chi connectivity index (χ2n) is 4.34. The SMILES string of the molecule is O=C(NC(=S)Nc1cc(C(F)(F)F)ccc1F)c1cccnc1. The zero-order valence-corrected chi connectivity index (χ0v) is 12.1.